The molecule has 2 aromatic carbocycles. The molecule has 17 heavy (non-hydrogen) atoms. The zero-order valence-electron chi connectivity index (χ0n) is 10.2. The SMILES string of the molecule is C=CC(C)(CO)Cc1cccc2ccccc12. The second-order valence-corrected chi connectivity index (χ2v) is 4.83. The molecule has 2 aromatic rings. The third kappa shape index (κ3) is 2.40. The minimum absolute atomic E-state index is 0.125. The summed E-state index contributed by atoms with van der Waals surface area (Å²) in [5.74, 6) is 0. The molecule has 0 fully saturated rings. The van der Waals surface area contributed by atoms with E-state index in [-0.39, 0.29) is 12.0 Å². The summed E-state index contributed by atoms with van der Waals surface area (Å²) in [4.78, 5) is 0. The van der Waals surface area contributed by atoms with E-state index in [1.54, 1.807) is 0 Å². The quantitative estimate of drug-likeness (QED) is 0.790. The number of hydrogen-bond acceptors (Lipinski definition) is 1. The first-order valence-electron chi connectivity index (χ1n) is 5.90. The molecule has 1 heteroatoms. The number of fused-ring (bicyclic) bond motifs is 1. The van der Waals surface area contributed by atoms with Crippen molar-refractivity contribution in [3.05, 3.63) is 60.7 Å². The van der Waals surface area contributed by atoms with Gasteiger partial charge in [0, 0.05) is 5.41 Å². The number of benzene rings is 2. The highest BCUT2D eigenvalue weighted by Crippen LogP contribution is 2.27. The van der Waals surface area contributed by atoms with Gasteiger partial charge in [0.15, 0.2) is 0 Å². The van der Waals surface area contributed by atoms with Gasteiger partial charge < -0.3 is 5.11 Å². The Morgan fingerprint density at radius 3 is 2.59 bits per heavy atom. The van der Waals surface area contributed by atoms with Gasteiger partial charge in [0.2, 0.25) is 0 Å². The third-order valence-electron chi connectivity index (χ3n) is 3.33. The molecule has 0 saturated heterocycles. The van der Waals surface area contributed by atoms with Crippen molar-refractivity contribution in [1.29, 1.82) is 0 Å². The molecule has 88 valence electrons. The summed E-state index contributed by atoms with van der Waals surface area (Å²) < 4.78 is 0. The minimum Gasteiger partial charge on any atom is -0.395 e. The maximum atomic E-state index is 9.45. The van der Waals surface area contributed by atoms with Gasteiger partial charge in [0.25, 0.3) is 0 Å². The standard InChI is InChI=1S/C16H18O/c1-3-16(2,12-17)11-14-9-6-8-13-7-4-5-10-15(13)14/h3-10,17H,1,11-12H2,2H3. The van der Waals surface area contributed by atoms with E-state index in [2.05, 4.69) is 43.0 Å². The molecular formula is C16H18O. The highest BCUT2D eigenvalue weighted by molar-refractivity contribution is 5.85. The molecule has 0 radical (unpaired) electrons. The fraction of sp³-hybridized carbons (Fsp3) is 0.250. The summed E-state index contributed by atoms with van der Waals surface area (Å²) >= 11 is 0. The van der Waals surface area contributed by atoms with Crippen LogP contribution in [0, 0.1) is 5.41 Å². The molecule has 0 saturated carbocycles. The molecule has 1 atom stereocenters. The lowest BCUT2D eigenvalue weighted by atomic mass is 9.83. The van der Waals surface area contributed by atoms with E-state index >= 15 is 0 Å². The van der Waals surface area contributed by atoms with Crippen LogP contribution in [0.5, 0.6) is 0 Å². The molecule has 0 aliphatic rings. The van der Waals surface area contributed by atoms with Crippen molar-refractivity contribution in [2.24, 2.45) is 5.41 Å². The monoisotopic (exact) mass is 226 g/mol. The molecule has 1 N–H and O–H groups in total. The van der Waals surface area contributed by atoms with E-state index < -0.39 is 0 Å². The van der Waals surface area contributed by atoms with Crippen molar-refractivity contribution in [2.45, 2.75) is 13.3 Å². The van der Waals surface area contributed by atoms with Crippen molar-refractivity contribution in [3.8, 4) is 0 Å². The molecule has 0 bridgehead atoms. The smallest absolute Gasteiger partial charge is 0.0522 e. The molecule has 1 nitrogen and oxygen atoms in total. The molecule has 0 heterocycles. The van der Waals surface area contributed by atoms with E-state index in [0.717, 1.165) is 6.42 Å². The lowest BCUT2D eigenvalue weighted by Crippen LogP contribution is -2.21. The molecular weight excluding hydrogens is 208 g/mol. The first-order valence-corrected chi connectivity index (χ1v) is 5.90. The lowest BCUT2D eigenvalue weighted by molar-refractivity contribution is 0.184. The van der Waals surface area contributed by atoms with Crippen LogP contribution in [0.2, 0.25) is 0 Å². The third-order valence-corrected chi connectivity index (χ3v) is 3.33. The van der Waals surface area contributed by atoms with E-state index in [4.69, 9.17) is 0 Å². The molecule has 2 rings (SSSR count). The normalized spacial score (nSPS) is 14.5. The van der Waals surface area contributed by atoms with E-state index in [0.29, 0.717) is 0 Å². The number of rotatable bonds is 4. The highest BCUT2D eigenvalue weighted by Gasteiger charge is 2.20. The van der Waals surface area contributed by atoms with Crippen LogP contribution in [0.4, 0.5) is 0 Å². The molecule has 0 amide bonds. The van der Waals surface area contributed by atoms with Crippen LogP contribution in [0.25, 0.3) is 10.8 Å². The van der Waals surface area contributed by atoms with Gasteiger partial charge in [0.05, 0.1) is 6.61 Å². The molecule has 1 unspecified atom stereocenters. The van der Waals surface area contributed by atoms with Gasteiger partial charge in [-0.25, -0.2) is 0 Å². The van der Waals surface area contributed by atoms with Crippen molar-refractivity contribution in [3.63, 3.8) is 0 Å². The average molecular weight is 226 g/mol. The van der Waals surface area contributed by atoms with Gasteiger partial charge in [0.1, 0.15) is 0 Å². The Hall–Kier alpha value is -1.60. The lowest BCUT2D eigenvalue weighted by Gasteiger charge is -2.23. The molecule has 0 spiro atoms. The zero-order chi connectivity index (χ0) is 12.3. The largest absolute Gasteiger partial charge is 0.395 e. The molecule has 0 aliphatic heterocycles. The predicted octanol–water partition coefficient (Wildman–Crippen LogP) is 3.57. The Bertz CT molecular complexity index is 525. The summed E-state index contributed by atoms with van der Waals surface area (Å²) in [5.41, 5.74) is 1.02. The van der Waals surface area contributed by atoms with E-state index in [9.17, 15) is 5.11 Å². The van der Waals surface area contributed by atoms with Crippen molar-refractivity contribution < 1.29 is 5.11 Å². The van der Waals surface area contributed by atoms with Gasteiger partial charge in [-0.3, -0.25) is 0 Å². The van der Waals surface area contributed by atoms with Crippen LogP contribution in [-0.4, -0.2) is 11.7 Å². The Morgan fingerprint density at radius 1 is 1.18 bits per heavy atom. The van der Waals surface area contributed by atoms with Crippen LogP contribution in [0.15, 0.2) is 55.1 Å². The van der Waals surface area contributed by atoms with Gasteiger partial charge in [-0.1, -0.05) is 55.5 Å². The predicted molar refractivity (Wildman–Crippen MR) is 73.0 cm³/mol. The minimum atomic E-state index is -0.246. The molecule has 0 aliphatic carbocycles. The number of aliphatic hydroxyl groups excluding tert-OH is 1. The maximum Gasteiger partial charge on any atom is 0.0522 e. The van der Waals surface area contributed by atoms with Gasteiger partial charge >= 0.3 is 0 Å². The van der Waals surface area contributed by atoms with Crippen molar-refractivity contribution in [1.82, 2.24) is 0 Å². The summed E-state index contributed by atoms with van der Waals surface area (Å²) in [5, 5.41) is 12.0. The van der Waals surface area contributed by atoms with Crippen molar-refractivity contribution >= 4 is 10.8 Å². The number of aliphatic hydroxyl groups is 1. The first-order chi connectivity index (χ1) is 8.18. The summed E-state index contributed by atoms with van der Waals surface area (Å²) in [6.07, 6.45) is 2.66. The average Bonchev–Trinajstić information content (AvgIpc) is 2.39. The second kappa shape index (κ2) is 4.72. The maximum absolute atomic E-state index is 9.45. The van der Waals surface area contributed by atoms with E-state index in [1.165, 1.54) is 16.3 Å². The van der Waals surface area contributed by atoms with Gasteiger partial charge in [-0.05, 0) is 22.8 Å². The van der Waals surface area contributed by atoms with Crippen LogP contribution >= 0.6 is 0 Å². The zero-order valence-corrected chi connectivity index (χ0v) is 10.2. The Labute approximate surface area is 102 Å². The molecule has 0 aromatic heterocycles. The van der Waals surface area contributed by atoms with Crippen LogP contribution in [-0.2, 0) is 6.42 Å². The summed E-state index contributed by atoms with van der Waals surface area (Å²) in [6.45, 7) is 5.97. The Morgan fingerprint density at radius 2 is 1.88 bits per heavy atom. The summed E-state index contributed by atoms with van der Waals surface area (Å²) in [6, 6.07) is 14.6. The topological polar surface area (TPSA) is 20.2 Å². The first kappa shape index (κ1) is 11.9. The van der Waals surface area contributed by atoms with Crippen LogP contribution < -0.4 is 0 Å². The van der Waals surface area contributed by atoms with Gasteiger partial charge in [-0.15, -0.1) is 6.58 Å². The second-order valence-electron chi connectivity index (χ2n) is 4.83. The summed E-state index contributed by atoms with van der Waals surface area (Å²) in [7, 11) is 0. The van der Waals surface area contributed by atoms with E-state index in [1.807, 2.05) is 19.1 Å². The number of hydrogen-bond donors (Lipinski definition) is 1. The fourth-order valence-corrected chi connectivity index (χ4v) is 2.07. The van der Waals surface area contributed by atoms with Crippen LogP contribution in [0.3, 0.4) is 0 Å². The fourth-order valence-electron chi connectivity index (χ4n) is 2.07. The van der Waals surface area contributed by atoms with Crippen molar-refractivity contribution in [2.75, 3.05) is 6.61 Å². The van der Waals surface area contributed by atoms with Gasteiger partial charge in [-0.2, -0.15) is 0 Å². The van der Waals surface area contributed by atoms with Crippen LogP contribution in [0.1, 0.15) is 12.5 Å². The highest BCUT2D eigenvalue weighted by atomic mass is 16.3. The Balaban J connectivity index is 2.46. The Kier molecular flexibility index (Phi) is 3.30.